The Bertz CT molecular complexity index is 480. The van der Waals surface area contributed by atoms with Crippen molar-refractivity contribution in [2.45, 2.75) is 25.9 Å². The zero-order chi connectivity index (χ0) is 11.1. The van der Waals surface area contributed by atoms with E-state index in [1.54, 1.807) is 19.9 Å². The standard InChI is InChI=1S/C12H13ClO2/c1-12(2,14)7-9-6-8-4-3-5-10(13)11(8)15-9/h3-6,14H,7H2,1-2H3. The van der Waals surface area contributed by atoms with Gasteiger partial charge in [0.15, 0.2) is 5.58 Å². The van der Waals surface area contributed by atoms with Crippen molar-refractivity contribution in [3.63, 3.8) is 0 Å². The van der Waals surface area contributed by atoms with Crippen molar-refractivity contribution < 1.29 is 9.52 Å². The second kappa shape index (κ2) is 3.54. The van der Waals surface area contributed by atoms with E-state index in [9.17, 15) is 5.11 Å². The third-order valence-electron chi connectivity index (χ3n) is 2.15. The van der Waals surface area contributed by atoms with Crippen LogP contribution in [0.1, 0.15) is 19.6 Å². The van der Waals surface area contributed by atoms with E-state index in [-0.39, 0.29) is 0 Å². The molecular formula is C12H13ClO2. The van der Waals surface area contributed by atoms with Crippen LogP contribution in [0.15, 0.2) is 28.7 Å². The van der Waals surface area contributed by atoms with Gasteiger partial charge in [-0.1, -0.05) is 23.7 Å². The van der Waals surface area contributed by atoms with Gasteiger partial charge in [-0.25, -0.2) is 0 Å². The second-order valence-electron chi connectivity index (χ2n) is 4.36. The largest absolute Gasteiger partial charge is 0.459 e. The van der Waals surface area contributed by atoms with E-state index in [1.807, 2.05) is 18.2 Å². The van der Waals surface area contributed by atoms with E-state index < -0.39 is 5.60 Å². The molecule has 1 heterocycles. The van der Waals surface area contributed by atoms with Crippen molar-refractivity contribution in [3.8, 4) is 0 Å². The smallest absolute Gasteiger partial charge is 0.152 e. The molecule has 80 valence electrons. The molecule has 0 atom stereocenters. The molecule has 0 saturated carbocycles. The Hall–Kier alpha value is -0.990. The van der Waals surface area contributed by atoms with E-state index >= 15 is 0 Å². The van der Waals surface area contributed by atoms with E-state index in [0.717, 1.165) is 11.1 Å². The predicted molar refractivity (Wildman–Crippen MR) is 61.2 cm³/mol. The van der Waals surface area contributed by atoms with Gasteiger partial charge in [-0.05, 0) is 26.0 Å². The third kappa shape index (κ3) is 2.33. The minimum Gasteiger partial charge on any atom is -0.459 e. The van der Waals surface area contributed by atoms with Gasteiger partial charge in [0.2, 0.25) is 0 Å². The Morgan fingerprint density at radius 3 is 2.73 bits per heavy atom. The maximum Gasteiger partial charge on any atom is 0.152 e. The maximum absolute atomic E-state index is 9.67. The summed E-state index contributed by atoms with van der Waals surface area (Å²) < 4.78 is 5.58. The minimum absolute atomic E-state index is 0.484. The molecule has 1 N–H and O–H groups in total. The molecule has 3 heteroatoms. The van der Waals surface area contributed by atoms with Gasteiger partial charge in [-0.3, -0.25) is 0 Å². The molecule has 0 bridgehead atoms. The molecule has 0 spiro atoms. The van der Waals surface area contributed by atoms with Crippen molar-refractivity contribution in [1.82, 2.24) is 0 Å². The molecule has 2 aromatic rings. The van der Waals surface area contributed by atoms with E-state index in [1.165, 1.54) is 0 Å². The zero-order valence-electron chi connectivity index (χ0n) is 8.75. The maximum atomic E-state index is 9.67. The van der Waals surface area contributed by atoms with Crippen LogP contribution < -0.4 is 0 Å². The van der Waals surface area contributed by atoms with Gasteiger partial charge in [0, 0.05) is 11.8 Å². The highest BCUT2D eigenvalue weighted by Gasteiger charge is 2.17. The summed E-state index contributed by atoms with van der Waals surface area (Å²) >= 11 is 5.99. The molecule has 2 nitrogen and oxygen atoms in total. The van der Waals surface area contributed by atoms with Gasteiger partial charge in [-0.15, -0.1) is 0 Å². The SMILES string of the molecule is CC(C)(O)Cc1cc2cccc(Cl)c2o1. The van der Waals surface area contributed by atoms with Gasteiger partial charge in [0.1, 0.15) is 5.76 Å². The van der Waals surface area contributed by atoms with Crippen LogP contribution in [0.25, 0.3) is 11.0 Å². The van der Waals surface area contributed by atoms with Gasteiger partial charge in [0.25, 0.3) is 0 Å². The lowest BCUT2D eigenvalue weighted by Crippen LogP contribution is -2.21. The highest BCUT2D eigenvalue weighted by Crippen LogP contribution is 2.28. The van der Waals surface area contributed by atoms with Crippen LogP contribution in [0.2, 0.25) is 5.02 Å². The fourth-order valence-electron chi connectivity index (χ4n) is 1.59. The third-order valence-corrected chi connectivity index (χ3v) is 2.45. The summed E-state index contributed by atoms with van der Waals surface area (Å²) in [4.78, 5) is 0. The average molecular weight is 225 g/mol. The molecule has 0 saturated heterocycles. The topological polar surface area (TPSA) is 33.4 Å². The first-order chi connectivity index (χ1) is 6.96. The van der Waals surface area contributed by atoms with Crippen molar-refractivity contribution >= 4 is 22.6 Å². The van der Waals surface area contributed by atoms with Crippen LogP contribution in [0.3, 0.4) is 0 Å². The lowest BCUT2D eigenvalue weighted by atomic mass is 10.0. The molecule has 0 amide bonds. The molecule has 1 aromatic heterocycles. The first kappa shape index (κ1) is 10.5. The summed E-state index contributed by atoms with van der Waals surface area (Å²) in [7, 11) is 0. The van der Waals surface area contributed by atoms with Crippen LogP contribution in [0, 0.1) is 0 Å². The number of benzene rings is 1. The highest BCUT2D eigenvalue weighted by atomic mass is 35.5. The molecule has 0 fully saturated rings. The van der Waals surface area contributed by atoms with Gasteiger partial charge >= 0.3 is 0 Å². The summed E-state index contributed by atoms with van der Waals surface area (Å²) in [5, 5.41) is 11.3. The first-order valence-corrected chi connectivity index (χ1v) is 5.23. The molecule has 2 rings (SSSR count). The van der Waals surface area contributed by atoms with Crippen LogP contribution in [0.5, 0.6) is 0 Å². The molecular weight excluding hydrogens is 212 g/mol. The van der Waals surface area contributed by atoms with Crippen LogP contribution >= 0.6 is 11.6 Å². The second-order valence-corrected chi connectivity index (χ2v) is 4.77. The Kier molecular flexibility index (Phi) is 2.49. The van der Waals surface area contributed by atoms with Gasteiger partial charge in [0.05, 0.1) is 10.6 Å². The lowest BCUT2D eigenvalue weighted by Gasteiger charge is -2.14. The first-order valence-electron chi connectivity index (χ1n) is 4.85. The lowest BCUT2D eigenvalue weighted by molar-refractivity contribution is 0.0757. The monoisotopic (exact) mass is 224 g/mol. The molecule has 0 unspecified atom stereocenters. The summed E-state index contributed by atoms with van der Waals surface area (Å²) in [6.45, 7) is 3.50. The molecule has 0 aliphatic rings. The van der Waals surface area contributed by atoms with Crippen molar-refractivity contribution in [2.75, 3.05) is 0 Å². The average Bonchev–Trinajstić information content (AvgIpc) is 2.45. The van der Waals surface area contributed by atoms with Crippen LogP contribution in [-0.4, -0.2) is 10.7 Å². The highest BCUT2D eigenvalue weighted by molar-refractivity contribution is 6.34. The number of halogens is 1. The number of furan rings is 1. The number of para-hydroxylation sites is 1. The number of fused-ring (bicyclic) bond motifs is 1. The predicted octanol–water partition coefficient (Wildman–Crippen LogP) is 3.40. The van der Waals surface area contributed by atoms with Crippen molar-refractivity contribution in [1.29, 1.82) is 0 Å². The van der Waals surface area contributed by atoms with Gasteiger partial charge < -0.3 is 9.52 Å². The summed E-state index contributed by atoms with van der Waals surface area (Å²) in [5.74, 6) is 0.755. The van der Waals surface area contributed by atoms with E-state index in [2.05, 4.69) is 0 Å². The molecule has 1 aromatic carbocycles. The zero-order valence-corrected chi connectivity index (χ0v) is 9.51. The summed E-state index contributed by atoms with van der Waals surface area (Å²) in [5.41, 5.74) is -0.0706. The normalized spacial score (nSPS) is 12.3. The fourth-order valence-corrected chi connectivity index (χ4v) is 1.81. The molecule has 0 radical (unpaired) electrons. The number of hydrogen-bond acceptors (Lipinski definition) is 2. The van der Waals surface area contributed by atoms with Crippen molar-refractivity contribution in [3.05, 3.63) is 35.0 Å². The molecule has 15 heavy (non-hydrogen) atoms. The van der Waals surface area contributed by atoms with Gasteiger partial charge in [-0.2, -0.15) is 0 Å². The van der Waals surface area contributed by atoms with E-state index in [0.29, 0.717) is 17.0 Å². The number of hydrogen-bond donors (Lipinski definition) is 1. The Balaban J connectivity index is 2.44. The van der Waals surface area contributed by atoms with Crippen LogP contribution in [-0.2, 0) is 6.42 Å². The molecule has 0 aliphatic heterocycles. The minimum atomic E-state index is -0.764. The Labute approximate surface area is 93.5 Å². The van der Waals surface area contributed by atoms with Crippen molar-refractivity contribution in [2.24, 2.45) is 0 Å². The Morgan fingerprint density at radius 2 is 2.13 bits per heavy atom. The van der Waals surface area contributed by atoms with E-state index in [4.69, 9.17) is 16.0 Å². The number of aliphatic hydroxyl groups is 1. The molecule has 0 aliphatic carbocycles. The summed E-state index contributed by atoms with van der Waals surface area (Å²) in [6.07, 6.45) is 0.484. The van der Waals surface area contributed by atoms with Crippen LogP contribution in [0.4, 0.5) is 0 Å². The number of rotatable bonds is 2. The Morgan fingerprint density at radius 1 is 1.40 bits per heavy atom. The summed E-state index contributed by atoms with van der Waals surface area (Å²) in [6, 6.07) is 7.53. The fraction of sp³-hybridized carbons (Fsp3) is 0.333. The quantitative estimate of drug-likeness (QED) is 0.848.